The van der Waals surface area contributed by atoms with Crippen LogP contribution in [0.2, 0.25) is 0 Å². The van der Waals surface area contributed by atoms with E-state index in [1.807, 2.05) is 0 Å². The van der Waals surface area contributed by atoms with E-state index in [1.165, 1.54) is 6.42 Å². The highest BCUT2D eigenvalue weighted by atomic mass is 32.2. The smallest absolute Gasteiger partial charge is 0.224 e. The molecule has 21 heavy (non-hydrogen) atoms. The van der Waals surface area contributed by atoms with Crippen LogP contribution in [0.1, 0.15) is 59.3 Å². The number of amides is 1. The lowest BCUT2D eigenvalue weighted by molar-refractivity contribution is -0.125. The summed E-state index contributed by atoms with van der Waals surface area (Å²) in [6.45, 7) is 6.91. The number of carbonyl (C=O) groups is 1. The molecule has 5 heteroatoms. The van der Waals surface area contributed by atoms with Crippen molar-refractivity contribution < 1.29 is 13.2 Å². The molecular formula is C16H29NO3S. The van der Waals surface area contributed by atoms with E-state index >= 15 is 0 Å². The molecule has 2 fully saturated rings. The molecule has 1 N–H and O–H groups in total. The zero-order chi connectivity index (χ0) is 15.7. The topological polar surface area (TPSA) is 63.2 Å². The molecule has 1 aliphatic heterocycles. The first-order chi connectivity index (χ1) is 9.73. The summed E-state index contributed by atoms with van der Waals surface area (Å²) in [6, 6.07) is 0.240. The predicted octanol–water partition coefficient (Wildman–Crippen LogP) is 2.53. The molecule has 0 aromatic heterocycles. The fourth-order valence-electron chi connectivity index (χ4n) is 3.63. The van der Waals surface area contributed by atoms with Crippen molar-refractivity contribution in [2.75, 3.05) is 11.5 Å². The fourth-order valence-corrected chi connectivity index (χ4v) is 5.37. The van der Waals surface area contributed by atoms with Crippen LogP contribution in [0, 0.1) is 17.3 Å². The molecule has 1 heterocycles. The molecule has 1 atom stereocenters. The van der Waals surface area contributed by atoms with Crippen molar-refractivity contribution in [2.45, 2.75) is 65.3 Å². The van der Waals surface area contributed by atoms with Crippen LogP contribution in [0.4, 0.5) is 0 Å². The van der Waals surface area contributed by atoms with Crippen LogP contribution >= 0.6 is 0 Å². The van der Waals surface area contributed by atoms with E-state index in [2.05, 4.69) is 26.1 Å². The number of rotatable bonds is 4. The maximum atomic E-state index is 12.2. The Morgan fingerprint density at radius 3 is 2.24 bits per heavy atom. The average Bonchev–Trinajstić information content (AvgIpc) is 2.80. The SMILES string of the molecule is CCC(C)(C)C1CCC(NC(=O)[C@@H]2CCS(=O)(=O)C2)CC1. The Morgan fingerprint density at radius 1 is 1.14 bits per heavy atom. The van der Waals surface area contributed by atoms with Crippen molar-refractivity contribution in [3.63, 3.8) is 0 Å². The molecule has 0 aromatic carbocycles. The first-order valence-corrected chi connectivity index (χ1v) is 10.1. The third-order valence-corrected chi connectivity index (χ3v) is 7.46. The van der Waals surface area contributed by atoms with Gasteiger partial charge in [-0.3, -0.25) is 4.79 Å². The normalized spacial score (nSPS) is 32.8. The molecule has 0 radical (unpaired) electrons. The first kappa shape index (κ1) is 16.8. The summed E-state index contributed by atoms with van der Waals surface area (Å²) in [5.41, 5.74) is 0.383. The van der Waals surface area contributed by atoms with Gasteiger partial charge in [-0.1, -0.05) is 27.2 Å². The van der Waals surface area contributed by atoms with Gasteiger partial charge in [0.25, 0.3) is 0 Å². The fraction of sp³-hybridized carbons (Fsp3) is 0.938. The van der Waals surface area contributed by atoms with Crippen molar-refractivity contribution >= 4 is 15.7 Å². The van der Waals surface area contributed by atoms with E-state index in [0.717, 1.165) is 31.6 Å². The number of nitrogens with one attached hydrogen (secondary N) is 1. The number of sulfone groups is 1. The van der Waals surface area contributed by atoms with Gasteiger partial charge in [0.1, 0.15) is 0 Å². The highest BCUT2D eigenvalue weighted by molar-refractivity contribution is 7.91. The van der Waals surface area contributed by atoms with Crippen LogP contribution in [0.5, 0.6) is 0 Å². The van der Waals surface area contributed by atoms with Crippen molar-refractivity contribution in [2.24, 2.45) is 17.3 Å². The minimum absolute atomic E-state index is 0.0387. The maximum absolute atomic E-state index is 12.2. The van der Waals surface area contributed by atoms with Crippen LogP contribution in [-0.4, -0.2) is 31.9 Å². The summed E-state index contributed by atoms with van der Waals surface area (Å²) in [4.78, 5) is 12.2. The second-order valence-electron chi connectivity index (χ2n) is 7.50. The molecule has 0 aromatic rings. The summed E-state index contributed by atoms with van der Waals surface area (Å²) in [7, 11) is -2.97. The molecular weight excluding hydrogens is 286 g/mol. The lowest BCUT2D eigenvalue weighted by atomic mass is 9.69. The molecule has 122 valence electrons. The van der Waals surface area contributed by atoms with Gasteiger partial charge in [-0.2, -0.15) is 0 Å². The Balaban J connectivity index is 1.80. The Hall–Kier alpha value is -0.580. The lowest BCUT2D eigenvalue weighted by Gasteiger charge is -2.39. The van der Waals surface area contributed by atoms with E-state index < -0.39 is 9.84 Å². The van der Waals surface area contributed by atoms with Crippen molar-refractivity contribution in [3.05, 3.63) is 0 Å². The van der Waals surface area contributed by atoms with Gasteiger partial charge < -0.3 is 5.32 Å². The van der Waals surface area contributed by atoms with Gasteiger partial charge in [0.05, 0.1) is 17.4 Å². The van der Waals surface area contributed by atoms with Crippen LogP contribution in [0.15, 0.2) is 0 Å². The zero-order valence-electron chi connectivity index (χ0n) is 13.5. The second kappa shape index (κ2) is 6.27. The quantitative estimate of drug-likeness (QED) is 0.867. The van der Waals surface area contributed by atoms with Crippen LogP contribution in [0.25, 0.3) is 0 Å². The standard InChI is InChI=1S/C16H29NO3S/c1-4-16(2,3)13-5-7-14(8-6-13)17-15(18)12-9-10-21(19,20)11-12/h12-14H,4-11H2,1-3H3,(H,17,18)/t12-,13?,14?/m1/s1. The molecule has 0 bridgehead atoms. The minimum Gasteiger partial charge on any atom is -0.353 e. The van der Waals surface area contributed by atoms with Crippen LogP contribution in [-0.2, 0) is 14.6 Å². The van der Waals surface area contributed by atoms with E-state index in [4.69, 9.17) is 0 Å². The monoisotopic (exact) mass is 315 g/mol. The number of hydrogen-bond donors (Lipinski definition) is 1. The largest absolute Gasteiger partial charge is 0.353 e. The number of hydrogen-bond acceptors (Lipinski definition) is 3. The molecule has 1 saturated heterocycles. The van der Waals surface area contributed by atoms with Gasteiger partial charge in [-0.15, -0.1) is 0 Å². The Labute approximate surface area is 129 Å². The van der Waals surface area contributed by atoms with Gasteiger partial charge in [-0.25, -0.2) is 8.42 Å². The second-order valence-corrected chi connectivity index (χ2v) is 9.73. The van der Waals surface area contributed by atoms with Gasteiger partial charge in [0, 0.05) is 6.04 Å². The van der Waals surface area contributed by atoms with E-state index in [-0.39, 0.29) is 29.4 Å². The zero-order valence-corrected chi connectivity index (χ0v) is 14.3. The summed E-state index contributed by atoms with van der Waals surface area (Å²) < 4.78 is 22.9. The van der Waals surface area contributed by atoms with Crippen LogP contribution in [0.3, 0.4) is 0 Å². The Kier molecular flexibility index (Phi) is 5.01. The van der Waals surface area contributed by atoms with Gasteiger partial charge in [-0.05, 0) is 43.4 Å². The summed E-state index contributed by atoms with van der Waals surface area (Å²) in [5.74, 6) is 0.580. The van der Waals surface area contributed by atoms with Crippen molar-refractivity contribution in [1.82, 2.24) is 5.32 Å². The molecule has 1 saturated carbocycles. The van der Waals surface area contributed by atoms with E-state index in [9.17, 15) is 13.2 Å². The van der Waals surface area contributed by atoms with E-state index in [1.54, 1.807) is 0 Å². The molecule has 2 aliphatic rings. The first-order valence-electron chi connectivity index (χ1n) is 8.24. The van der Waals surface area contributed by atoms with E-state index in [0.29, 0.717) is 11.8 Å². The molecule has 4 nitrogen and oxygen atoms in total. The third-order valence-electron chi connectivity index (χ3n) is 5.69. The highest BCUT2D eigenvalue weighted by Gasteiger charge is 2.36. The molecule has 1 amide bonds. The maximum Gasteiger partial charge on any atom is 0.224 e. The molecule has 2 rings (SSSR count). The minimum atomic E-state index is -2.97. The summed E-state index contributed by atoms with van der Waals surface area (Å²) >= 11 is 0. The van der Waals surface area contributed by atoms with Crippen LogP contribution < -0.4 is 5.32 Å². The summed E-state index contributed by atoms with van der Waals surface area (Å²) in [5, 5.41) is 3.09. The highest BCUT2D eigenvalue weighted by Crippen LogP contribution is 2.40. The number of carbonyl (C=O) groups excluding carboxylic acids is 1. The molecule has 1 aliphatic carbocycles. The Morgan fingerprint density at radius 2 is 1.76 bits per heavy atom. The molecule has 0 unspecified atom stereocenters. The van der Waals surface area contributed by atoms with Crippen molar-refractivity contribution in [1.29, 1.82) is 0 Å². The predicted molar refractivity (Wildman–Crippen MR) is 84.7 cm³/mol. The molecule has 0 spiro atoms. The Bertz CT molecular complexity index is 476. The van der Waals surface area contributed by atoms with Gasteiger partial charge in [0.2, 0.25) is 5.91 Å². The van der Waals surface area contributed by atoms with Crippen molar-refractivity contribution in [3.8, 4) is 0 Å². The lowest BCUT2D eigenvalue weighted by Crippen LogP contribution is -2.42. The van der Waals surface area contributed by atoms with Gasteiger partial charge >= 0.3 is 0 Å². The van der Waals surface area contributed by atoms with Gasteiger partial charge in [0.15, 0.2) is 9.84 Å². The third kappa shape index (κ3) is 4.21. The summed E-state index contributed by atoms with van der Waals surface area (Å²) in [6.07, 6.45) is 6.06. The average molecular weight is 315 g/mol.